The highest BCUT2D eigenvalue weighted by atomic mass is 16.6. The number of carbonyl (C=O) groups excluding carboxylic acids is 1. The summed E-state index contributed by atoms with van der Waals surface area (Å²) in [4.78, 5) is 11.1. The molecule has 0 aliphatic carbocycles. The van der Waals surface area contributed by atoms with Gasteiger partial charge in [0, 0.05) is 6.42 Å². The van der Waals surface area contributed by atoms with E-state index in [0.717, 1.165) is 12.0 Å². The summed E-state index contributed by atoms with van der Waals surface area (Å²) in [6.45, 7) is 11.2. The van der Waals surface area contributed by atoms with Gasteiger partial charge in [0.05, 0.1) is 0 Å². The predicted octanol–water partition coefficient (Wildman–Crippen LogP) is 2.68. The lowest BCUT2D eigenvalue weighted by atomic mass is 10.1. The van der Waals surface area contributed by atoms with Crippen LogP contribution in [0.5, 0.6) is 0 Å². The molecule has 0 aromatic heterocycles. The summed E-state index contributed by atoms with van der Waals surface area (Å²) in [7, 11) is 0. The predicted molar refractivity (Wildman–Crippen MR) is 49.9 cm³/mol. The summed E-state index contributed by atoms with van der Waals surface area (Å²) in [5.74, 6) is -0.148. The van der Waals surface area contributed by atoms with Gasteiger partial charge < -0.3 is 4.74 Å². The van der Waals surface area contributed by atoms with Gasteiger partial charge in [-0.3, -0.25) is 4.79 Å². The largest absolute Gasteiger partial charge is 0.460 e. The molecule has 0 radical (unpaired) electrons. The highest BCUT2D eigenvalue weighted by molar-refractivity contribution is 5.70. The van der Waals surface area contributed by atoms with Crippen molar-refractivity contribution in [2.75, 3.05) is 0 Å². The Kier molecular flexibility index (Phi) is 4.01. The minimum Gasteiger partial charge on any atom is -0.460 e. The Bertz CT molecular complexity index is 175. The number of carbonyl (C=O) groups is 1. The number of hydrogen-bond acceptors (Lipinski definition) is 2. The number of allylic oxidation sites excluding steroid dienone is 1. The zero-order chi connectivity index (χ0) is 9.78. The van der Waals surface area contributed by atoms with E-state index < -0.39 is 0 Å². The van der Waals surface area contributed by atoms with Crippen molar-refractivity contribution in [1.29, 1.82) is 0 Å². The second-order valence-electron chi connectivity index (χ2n) is 4.04. The SMILES string of the molecule is C=C(C)CCC(=O)OC(C)(C)C. The topological polar surface area (TPSA) is 26.3 Å². The molecule has 0 fully saturated rings. The van der Waals surface area contributed by atoms with Crippen molar-refractivity contribution in [2.45, 2.75) is 46.1 Å². The quantitative estimate of drug-likeness (QED) is 0.481. The molecule has 0 saturated carbocycles. The van der Waals surface area contributed by atoms with Crippen molar-refractivity contribution in [3.63, 3.8) is 0 Å². The maximum absolute atomic E-state index is 11.1. The normalized spacial score (nSPS) is 11.0. The lowest BCUT2D eigenvalue weighted by Crippen LogP contribution is -2.23. The van der Waals surface area contributed by atoms with Crippen LogP contribution in [-0.2, 0) is 9.53 Å². The van der Waals surface area contributed by atoms with Crippen LogP contribution in [0.2, 0.25) is 0 Å². The van der Waals surface area contributed by atoms with Crippen molar-refractivity contribution in [3.05, 3.63) is 12.2 Å². The third kappa shape index (κ3) is 7.32. The van der Waals surface area contributed by atoms with E-state index in [2.05, 4.69) is 6.58 Å². The summed E-state index contributed by atoms with van der Waals surface area (Å²) < 4.78 is 5.11. The van der Waals surface area contributed by atoms with Gasteiger partial charge in [-0.15, -0.1) is 6.58 Å². The highest BCUT2D eigenvalue weighted by Gasteiger charge is 2.15. The molecule has 70 valence electrons. The van der Waals surface area contributed by atoms with Crippen molar-refractivity contribution in [3.8, 4) is 0 Å². The Hall–Kier alpha value is -0.790. The van der Waals surface area contributed by atoms with Crippen LogP contribution in [0, 0.1) is 0 Å². The molecule has 0 N–H and O–H groups in total. The average Bonchev–Trinajstić information content (AvgIpc) is 1.79. The number of rotatable bonds is 3. The van der Waals surface area contributed by atoms with E-state index in [9.17, 15) is 4.79 Å². The number of hydrogen-bond donors (Lipinski definition) is 0. The molecular weight excluding hydrogens is 152 g/mol. The Labute approximate surface area is 74.6 Å². The van der Waals surface area contributed by atoms with Crippen LogP contribution in [0.1, 0.15) is 40.5 Å². The molecule has 0 heterocycles. The van der Waals surface area contributed by atoms with E-state index in [0.29, 0.717) is 6.42 Å². The van der Waals surface area contributed by atoms with Gasteiger partial charge in [-0.05, 0) is 34.1 Å². The fraction of sp³-hybridized carbons (Fsp3) is 0.700. The van der Waals surface area contributed by atoms with E-state index in [1.165, 1.54) is 0 Å². The first-order valence-corrected chi connectivity index (χ1v) is 4.17. The van der Waals surface area contributed by atoms with E-state index in [-0.39, 0.29) is 11.6 Å². The Morgan fingerprint density at radius 2 is 1.83 bits per heavy atom. The van der Waals surface area contributed by atoms with Crippen molar-refractivity contribution in [1.82, 2.24) is 0 Å². The number of ether oxygens (including phenoxy) is 1. The molecule has 12 heavy (non-hydrogen) atoms. The lowest BCUT2D eigenvalue weighted by molar-refractivity contribution is -0.154. The van der Waals surface area contributed by atoms with Crippen LogP contribution >= 0.6 is 0 Å². The minimum atomic E-state index is -0.369. The minimum absolute atomic E-state index is 0.148. The van der Waals surface area contributed by atoms with Crippen molar-refractivity contribution >= 4 is 5.97 Å². The molecule has 0 rings (SSSR count). The smallest absolute Gasteiger partial charge is 0.306 e. The fourth-order valence-corrected chi connectivity index (χ4v) is 0.708. The van der Waals surface area contributed by atoms with E-state index in [4.69, 9.17) is 4.74 Å². The van der Waals surface area contributed by atoms with Gasteiger partial charge in [0.2, 0.25) is 0 Å². The molecule has 0 aromatic rings. The van der Waals surface area contributed by atoms with Crippen LogP contribution in [-0.4, -0.2) is 11.6 Å². The van der Waals surface area contributed by atoms with E-state index >= 15 is 0 Å². The molecular formula is C10H18O2. The maximum Gasteiger partial charge on any atom is 0.306 e. The molecule has 0 aromatic carbocycles. The van der Waals surface area contributed by atoms with Crippen molar-refractivity contribution in [2.24, 2.45) is 0 Å². The van der Waals surface area contributed by atoms with Gasteiger partial charge in [-0.1, -0.05) is 5.57 Å². The van der Waals surface area contributed by atoms with Crippen LogP contribution in [0.15, 0.2) is 12.2 Å². The summed E-state index contributed by atoms with van der Waals surface area (Å²) >= 11 is 0. The average molecular weight is 170 g/mol. The third-order valence-electron chi connectivity index (χ3n) is 1.18. The third-order valence-corrected chi connectivity index (χ3v) is 1.18. The molecule has 2 nitrogen and oxygen atoms in total. The maximum atomic E-state index is 11.1. The van der Waals surface area contributed by atoms with Gasteiger partial charge in [-0.2, -0.15) is 0 Å². The molecule has 0 atom stereocenters. The van der Waals surface area contributed by atoms with Crippen LogP contribution < -0.4 is 0 Å². The van der Waals surface area contributed by atoms with Gasteiger partial charge in [-0.25, -0.2) is 0 Å². The Morgan fingerprint density at radius 1 is 1.33 bits per heavy atom. The fourth-order valence-electron chi connectivity index (χ4n) is 0.708. The van der Waals surface area contributed by atoms with Crippen molar-refractivity contribution < 1.29 is 9.53 Å². The summed E-state index contributed by atoms with van der Waals surface area (Å²) in [5.41, 5.74) is 0.646. The molecule has 0 aliphatic heterocycles. The zero-order valence-electron chi connectivity index (χ0n) is 8.44. The van der Waals surface area contributed by atoms with Crippen LogP contribution in [0.4, 0.5) is 0 Å². The molecule has 0 amide bonds. The zero-order valence-corrected chi connectivity index (χ0v) is 8.44. The Balaban J connectivity index is 3.68. The van der Waals surface area contributed by atoms with Crippen LogP contribution in [0.25, 0.3) is 0 Å². The molecule has 0 spiro atoms. The Morgan fingerprint density at radius 3 is 2.17 bits per heavy atom. The molecule has 0 aliphatic rings. The standard InChI is InChI=1S/C10H18O2/c1-8(2)6-7-9(11)12-10(3,4)5/h1,6-7H2,2-5H3. The van der Waals surface area contributed by atoms with Gasteiger partial charge in [0.15, 0.2) is 0 Å². The molecule has 2 heteroatoms. The van der Waals surface area contributed by atoms with Crippen LogP contribution in [0.3, 0.4) is 0 Å². The molecule has 0 saturated heterocycles. The summed E-state index contributed by atoms with van der Waals surface area (Å²) in [6, 6.07) is 0. The monoisotopic (exact) mass is 170 g/mol. The first kappa shape index (κ1) is 11.2. The molecule has 0 unspecified atom stereocenters. The number of esters is 1. The van der Waals surface area contributed by atoms with E-state index in [1.54, 1.807) is 0 Å². The second-order valence-corrected chi connectivity index (χ2v) is 4.04. The highest BCUT2D eigenvalue weighted by Crippen LogP contribution is 2.10. The first-order valence-electron chi connectivity index (χ1n) is 4.17. The lowest BCUT2D eigenvalue weighted by Gasteiger charge is -2.19. The summed E-state index contributed by atoms with van der Waals surface area (Å²) in [5, 5.41) is 0. The second kappa shape index (κ2) is 4.29. The van der Waals surface area contributed by atoms with Gasteiger partial charge in [0.25, 0.3) is 0 Å². The molecule has 0 bridgehead atoms. The van der Waals surface area contributed by atoms with E-state index in [1.807, 2.05) is 27.7 Å². The summed E-state index contributed by atoms with van der Waals surface area (Å²) in [6.07, 6.45) is 1.15. The van der Waals surface area contributed by atoms with Gasteiger partial charge >= 0.3 is 5.97 Å². The van der Waals surface area contributed by atoms with Gasteiger partial charge in [0.1, 0.15) is 5.60 Å². The first-order chi connectivity index (χ1) is 5.31.